The van der Waals surface area contributed by atoms with Gasteiger partial charge in [-0.25, -0.2) is 4.79 Å². The van der Waals surface area contributed by atoms with Crippen LogP contribution >= 0.6 is 11.6 Å². The highest BCUT2D eigenvalue weighted by molar-refractivity contribution is 6.31. The second kappa shape index (κ2) is 9.55. The molecule has 1 aromatic carbocycles. The second-order valence-electron chi connectivity index (χ2n) is 6.63. The van der Waals surface area contributed by atoms with Crippen LogP contribution in [0.2, 0.25) is 5.02 Å². The molecule has 0 aliphatic heterocycles. The summed E-state index contributed by atoms with van der Waals surface area (Å²) < 4.78 is 6.91. The first kappa shape index (κ1) is 21.0. The van der Waals surface area contributed by atoms with Crippen molar-refractivity contribution in [1.82, 2.24) is 15.1 Å². The van der Waals surface area contributed by atoms with E-state index in [4.69, 9.17) is 16.3 Å². The Morgan fingerprint density at radius 1 is 1.30 bits per heavy atom. The van der Waals surface area contributed by atoms with E-state index in [9.17, 15) is 9.59 Å². The van der Waals surface area contributed by atoms with E-state index in [1.807, 2.05) is 31.2 Å². The molecule has 0 spiro atoms. The number of ether oxygens (including phenoxy) is 1. The first-order chi connectivity index (χ1) is 12.8. The molecule has 7 heteroatoms. The van der Waals surface area contributed by atoms with Gasteiger partial charge in [-0.15, -0.1) is 0 Å². The van der Waals surface area contributed by atoms with E-state index in [0.717, 1.165) is 18.4 Å². The lowest BCUT2D eigenvalue weighted by Crippen LogP contribution is -2.35. The highest BCUT2D eigenvalue weighted by atomic mass is 35.5. The van der Waals surface area contributed by atoms with Crippen molar-refractivity contribution in [3.8, 4) is 0 Å². The number of aromatic nitrogens is 2. The molecule has 0 aliphatic carbocycles. The zero-order valence-corrected chi connectivity index (χ0v) is 17.0. The van der Waals surface area contributed by atoms with E-state index in [0.29, 0.717) is 28.5 Å². The Hall–Kier alpha value is -2.34. The summed E-state index contributed by atoms with van der Waals surface area (Å²) in [6.45, 7) is 7.67. The molecule has 1 aromatic heterocycles. The van der Waals surface area contributed by atoms with E-state index >= 15 is 0 Å². The van der Waals surface area contributed by atoms with Gasteiger partial charge in [0.1, 0.15) is 5.56 Å². The zero-order valence-electron chi connectivity index (χ0n) is 16.2. The average Bonchev–Trinajstić information content (AvgIpc) is 2.88. The molecular weight excluding hydrogens is 366 g/mol. The van der Waals surface area contributed by atoms with Crippen LogP contribution in [0.1, 0.15) is 54.0 Å². The first-order valence-electron chi connectivity index (χ1n) is 9.07. The van der Waals surface area contributed by atoms with Crippen LogP contribution in [0.4, 0.5) is 0 Å². The molecule has 1 N–H and O–H groups in total. The van der Waals surface area contributed by atoms with Crippen molar-refractivity contribution in [3.63, 3.8) is 0 Å². The number of nitrogens with zero attached hydrogens (tertiary/aromatic N) is 2. The molecule has 0 fully saturated rings. The molecule has 27 heavy (non-hydrogen) atoms. The van der Waals surface area contributed by atoms with E-state index in [1.165, 1.54) is 0 Å². The topological polar surface area (TPSA) is 73.2 Å². The van der Waals surface area contributed by atoms with Crippen LogP contribution in [0.15, 0.2) is 24.3 Å². The second-order valence-corrected chi connectivity index (χ2v) is 7.04. The Bertz CT molecular complexity index is 817. The summed E-state index contributed by atoms with van der Waals surface area (Å²) in [4.78, 5) is 24.3. The highest BCUT2D eigenvalue weighted by Gasteiger charge is 2.21. The summed E-state index contributed by atoms with van der Waals surface area (Å²) in [6, 6.07) is 7.56. The summed E-state index contributed by atoms with van der Waals surface area (Å²) in [7, 11) is 0. The van der Waals surface area contributed by atoms with Gasteiger partial charge < -0.3 is 10.1 Å². The van der Waals surface area contributed by atoms with Gasteiger partial charge in [0.2, 0.25) is 0 Å². The van der Waals surface area contributed by atoms with Crippen molar-refractivity contribution in [1.29, 1.82) is 0 Å². The number of benzene rings is 1. The maximum Gasteiger partial charge on any atom is 0.342 e. The quantitative estimate of drug-likeness (QED) is 0.697. The van der Waals surface area contributed by atoms with Gasteiger partial charge in [-0.2, -0.15) is 5.10 Å². The normalized spacial score (nSPS) is 11.9. The monoisotopic (exact) mass is 391 g/mol. The molecule has 0 unspecified atom stereocenters. The van der Waals surface area contributed by atoms with Gasteiger partial charge in [-0.1, -0.05) is 43.1 Å². The molecule has 0 radical (unpaired) electrons. The lowest BCUT2D eigenvalue weighted by atomic mass is 10.2. The summed E-state index contributed by atoms with van der Waals surface area (Å²) in [5.74, 6) is -0.850. The number of hydrogen-bond acceptors (Lipinski definition) is 4. The maximum absolute atomic E-state index is 12.5. The molecular formula is C20H26ClN3O3. The fourth-order valence-corrected chi connectivity index (χ4v) is 3.15. The lowest BCUT2D eigenvalue weighted by molar-refractivity contribution is -0.124. The number of nitrogens with one attached hydrogen (secondary N) is 1. The molecule has 1 atom stereocenters. The first-order valence-corrected chi connectivity index (χ1v) is 9.45. The number of aryl methyl sites for hydroxylation is 1. The molecule has 2 aromatic rings. The smallest absolute Gasteiger partial charge is 0.342 e. The number of carbonyl (C=O) groups is 2. The van der Waals surface area contributed by atoms with Crippen molar-refractivity contribution in [2.45, 2.75) is 53.1 Å². The van der Waals surface area contributed by atoms with Gasteiger partial charge in [0.25, 0.3) is 5.91 Å². The molecule has 146 valence electrons. The Labute approximate surface area is 164 Å². The van der Waals surface area contributed by atoms with Crippen LogP contribution in [0.5, 0.6) is 0 Å². The molecule has 2 rings (SSSR count). The minimum absolute atomic E-state index is 0.0584. The largest absolute Gasteiger partial charge is 0.452 e. The van der Waals surface area contributed by atoms with Crippen molar-refractivity contribution in [2.75, 3.05) is 6.61 Å². The van der Waals surface area contributed by atoms with Crippen LogP contribution in [-0.2, 0) is 16.1 Å². The Balaban J connectivity index is 2.04. The third-order valence-electron chi connectivity index (χ3n) is 4.33. The van der Waals surface area contributed by atoms with Gasteiger partial charge in [0, 0.05) is 11.1 Å². The van der Waals surface area contributed by atoms with E-state index in [1.54, 1.807) is 18.5 Å². The Morgan fingerprint density at radius 2 is 2.00 bits per heavy atom. The van der Waals surface area contributed by atoms with Gasteiger partial charge in [0.15, 0.2) is 6.61 Å². The lowest BCUT2D eigenvalue weighted by Gasteiger charge is -2.12. The highest BCUT2D eigenvalue weighted by Crippen LogP contribution is 2.20. The van der Waals surface area contributed by atoms with Crippen molar-refractivity contribution in [2.24, 2.45) is 0 Å². The van der Waals surface area contributed by atoms with Crippen molar-refractivity contribution in [3.05, 3.63) is 51.8 Å². The van der Waals surface area contributed by atoms with Crippen LogP contribution in [0.25, 0.3) is 0 Å². The van der Waals surface area contributed by atoms with Crippen molar-refractivity contribution < 1.29 is 14.3 Å². The molecule has 0 saturated heterocycles. The van der Waals surface area contributed by atoms with E-state index in [-0.39, 0.29) is 18.6 Å². The summed E-state index contributed by atoms with van der Waals surface area (Å²) >= 11 is 6.21. The fraction of sp³-hybridized carbons (Fsp3) is 0.450. The van der Waals surface area contributed by atoms with E-state index < -0.39 is 5.97 Å². The van der Waals surface area contributed by atoms with Gasteiger partial charge in [0.05, 0.1) is 17.9 Å². The molecule has 0 saturated carbocycles. The SMILES string of the molecule is CCC[C@@H](C)NC(=O)COC(=O)c1c(C)nn(Cc2ccccc2Cl)c1C. The third kappa shape index (κ3) is 5.57. The van der Waals surface area contributed by atoms with Crippen LogP contribution < -0.4 is 5.32 Å². The average molecular weight is 392 g/mol. The predicted octanol–water partition coefficient (Wildman–Crippen LogP) is 3.66. The van der Waals surface area contributed by atoms with Gasteiger partial charge >= 0.3 is 5.97 Å². The van der Waals surface area contributed by atoms with Crippen molar-refractivity contribution >= 4 is 23.5 Å². The number of rotatable bonds is 8. The molecule has 1 amide bonds. The molecule has 6 nitrogen and oxygen atoms in total. The number of hydrogen-bond donors (Lipinski definition) is 1. The summed E-state index contributed by atoms with van der Waals surface area (Å²) in [5.41, 5.74) is 2.53. The minimum Gasteiger partial charge on any atom is -0.452 e. The standard InChI is InChI=1S/C20H26ClN3O3/c1-5-8-13(2)22-18(25)12-27-20(26)19-14(3)23-24(15(19)4)11-16-9-6-7-10-17(16)21/h6-7,9-10,13H,5,8,11-12H2,1-4H3,(H,22,25)/t13-/m1/s1. The van der Waals surface area contributed by atoms with Crippen LogP contribution in [0.3, 0.4) is 0 Å². The third-order valence-corrected chi connectivity index (χ3v) is 4.70. The van der Waals surface area contributed by atoms with E-state index in [2.05, 4.69) is 17.3 Å². The molecule has 1 heterocycles. The number of halogens is 1. The fourth-order valence-electron chi connectivity index (χ4n) is 2.96. The Morgan fingerprint density at radius 3 is 2.67 bits per heavy atom. The number of carbonyl (C=O) groups excluding carboxylic acids is 2. The van der Waals surface area contributed by atoms with Gasteiger partial charge in [-0.3, -0.25) is 9.48 Å². The zero-order chi connectivity index (χ0) is 20.0. The molecule has 0 bridgehead atoms. The van der Waals surface area contributed by atoms with Crippen LogP contribution in [-0.4, -0.2) is 34.3 Å². The summed E-state index contributed by atoms with van der Waals surface area (Å²) in [5, 5.41) is 7.88. The Kier molecular flexibility index (Phi) is 7.42. The summed E-state index contributed by atoms with van der Waals surface area (Å²) in [6.07, 6.45) is 1.86. The minimum atomic E-state index is -0.547. The number of esters is 1. The van der Waals surface area contributed by atoms with Crippen LogP contribution in [0, 0.1) is 13.8 Å². The van der Waals surface area contributed by atoms with Gasteiger partial charge in [-0.05, 0) is 38.8 Å². The maximum atomic E-state index is 12.5. The number of amides is 1. The predicted molar refractivity (Wildman–Crippen MR) is 105 cm³/mol. The molecule has 0 aliphatic rings.